The molecule has 1 fully saturated rings. The molecule has 1 aliphatic heterocycles. The van der Waals surface area contributed by atoms with Crippen LogP contribution in [0.1, 0.15) is 27.7 Å². The van der Waals surface area contributed by atoms with Gasteiger partial charge in [-0.15, -0.1) is 0 Å². The minimum absolute atomic E-state index is 0.460. The number of piperazine rings is 1. The molecule has 0 radical (unpaired) electrons. The molecule has 6 heteroatoms. The van der Waals surface area contributed by atoms with Gasteiger partial charge in [-0.2, -0.15) is 0 Å². The summed E-state index contributed by atoms with van der Waals surface area (Å²) in [4.78, 5) is 20.8. The van der Waals surface area contributed by atoms with E-state index in [-0.39, 0.29) is 0 Å². The minimum Gasteiger partial charge on any atom is -0.444 e. The molecule has 1 amide bonds. The fraction of sp³-hybridized carbons (Fsp3) is 0.625. The van der Waals surface area contributed by atoms with E-state index in [9.17, 15) is 4.79 Å². The highest BCUT2D eigenvalue weighted by atomic mass is 16.6. The lowest BCUT2D eigenvalue weighted by Crippen LogP contribution is -2.46. The quantitative estimate of drug-likeness (QED) is 0.930. The van der Waals surface area contributed by atoms with Crippen LogP contribution in [0.2, 0.25) is 0 Å². The first-order chi connectivity index (χ1) is 10.4. The van der Waals surface area contributed by atoms with Crippen LogP contribution in [-0.4, -0.2) is 54.3 Å². The number of carbonyl (C=O) groups excluding carboxylic acids is 1. The van der Waals surface area contributed by atoms with Crippen LogP contribution in [0.5, 0.6) is 0 Å². The molecule has 0 bridgehead atoms. The Morgan fingerprint density at radius 2 is 1.95 bits per heavy atom. The van der Waals surface area contributed by atoms with Gasteiger partial charge in [0, 0.05) is 26.2 Å². The fourth-order valence-electron chi connectivity index (χ4n) is 2.36. The fourth-order valence-corrected chi connectivity index (χ4v) is 2.36. The van der Waals surface area contributed by atoms with Gasteiger partial charge in [-0.25, -0.2) is 9.78 Å². The second kappa shape index (κ2) is 6.96. The Kier molecular flexibility index (Phi) is 5.24. The zero-order valence-electron chi connectivity index (χ0n) is 13.9. The van der Waals surface area contributed by atoms with Crippen LogP contribution in [0.4, 0.5) is 16.3 Å². The maximum atomic E-state index is 11.7. The Morgan fingerprint density at radius 3 is 2.45 bits per heavy atom. The average molecular weight is 306 g/mol. The first-order valence-electron chi connectivity index (χ1n) is 7.81. The van der Waals surface area contributed by atoms with Crippen molar-refractivity contribution in [1.82, 2.24) is 9.88 Å². The maximum Gasteiger partial charge on any atom is 0.412 e. The molecule has 0 unspecified atom stereocenters. The summed E-state index contributed by atoms with van der Waals surface area (Å²) in [7, 11) is 0. The molecular weight excluding hydrogens is 280 g/mol. The van der Waals surface area contributed by atoms with Gasteiger partial charge < -0.3 is 14.5 Å². The van der Waals surface area contributed by atoms with Gasteiger partial charge in [-0.1, -0.05) is 6.92 Å². The van der Waals surface area contributed by atoms with Gasteiger partial charge in [0.15, 0.2) is 0 Å². The van der Waals surface area contributed by atoms with Gasteiger partial charge in [0.05, 0.1) is 11.9 Å². The second-order valence-corrected chi connectivity index (χ2v) is 6.45. The van der Waals surface area contributed by atoms with Crippen molar-refractivity contribution in [3.63, 3.8) is 0 Å². The topological polar surface area (TPSA) is 57.7 Å². The third kappa shape index (κ3) is 4.87. The molecule has 0 atom stereocenters. The number of carbonyl (C=O) groups is 1. The van der Waals surface area contributed by atoms with Crippen molar-refractivity contribution in [3.05, 3.63) is 18.3 Å². The van der Waals surface area contributed by atoms with Crippen molar-refractivity contribution >= 4 is 17.6 Å². The lowest BCUT2D eigenvalue weighted by atomic mass is 10.2. The molecule has 0 aliphatic carbocycles. The van der Waals surface area contributed by atoms with Crippen molar-refractivity contribution in [1.29, 1.82) is 0 Å². The molecule has 1 aromatic heterocycles. The minimum atomic E-state index is -0.504. The molecule has 0 spiro atoms. The number of nitrogens with one attached hydrogen (secondary N) is 1. The van der Waals surface area contributed by atoms with Gasteiger partial charge in [0.25, 0.3) is 0 Å². The summed E-state index contributed by atoms with van der Waals surface area (Å²) in [6.07, 6.45) is 1.21. The van der Waals surface area contributed by atoms with E-state index in [4.69, 9.17) is 4.74 Å². The number of nitrogens with zero attached hydrogens (tertiary/aromatic N) is 3. The smallest absolute Gasteiger partial charge is 0.412 e. The van der Waals surface area contributed by atoms with Crippen LogP contribution < -0.4 is 10.2 Å². The number of hydrogen-bond donors (Lipinski definition) is 1. The maximum absolute atomic E-state index is 11.7. The Labute approximate surface area is 132 Å². The van der Waals surface area contributed by atoms with Crippen molar-refractivity contribution in [2.45, 2.75) is 33.3 Å². The highest BCUT2D eigenvalue weighted by Crippen LogP contribution is 2.17. The van der Waals surface area contributed by atoms with Gasteiger partial charge in [0.2, 0.25) is 0 Å². The predicted molar refractivity (Wildman–Crippen MR) is 88.4 cm³/mol. The third-order valence-electron chi connectivity index (χ3n) is 3.54. The molecule has 0 aromatic carbocycles. The number of aromatic nitrogens is 1. The van der Waals surface area contributed by atoms with Crippen molar-refractivity contribution in [2.75, 3.05) is 42.9 Å². The summed E-state index contributed by atoms with van der Waals surface area (Å²) in [5, 5.41) is 2.69. The Bertz CT molecular complexity index is 488. The second-order valence-electron chi connectivity index (χ2n) is 6.45. The largest absolute Gasteiger partial charge is 0.444 e. The number of ether oxygens (including phenoxy) is 1. The van der Waals surface area contributed by atoms with Crippen LogP contribution in [0, 0.1) is 0 Å². The summed E-state index contributed by atoms with van der Waals surface area (Å²) in [6.45, 7) is 12.9. The van der Waals surface area contributed by atoms with Gasteiger partial charge in [-0.05, 0) is 39.4 Å². The summed E-state index contributed by atoms with van der Waals surface area (Å²) in [6, 6.07) is 3.80. The van der Waals surface area contributed by atoms with E-state index in [0.717, 1.165) is 38.5 Å². The predicted octanol–water partition coefficient (Wildman–Crippen LogP) is 2.57. The van der Waals surface area contributed by atoms with E-state index in [1.807, 2.05) is 32.9 Å². The van der Waals surface area contributed by atoms with Crippen LogP contribution in [-0.2, 0) is 4.74 Å². The van der Waals surface area contributed by atoms with Gasteiger partial charge in [-0.3, -0.25) is 5.32 Å². The van der Waals surface area contributed by atoms with E-state index in [1.165, 1.54) is 0 Å². The number of pyridine rings is 1. The highest BCUT2D eigenvalue weighted by Gasteiger charge is 2.18. The lowest BCUT2D eigenvalue weighted by Gasteiger charge is -2.34. The molecule has 22 heavy (non-hydrogen) atoms. The summed E-state index contributed by atoms with van der Waals surface area (Å²) in [5.41, 5.74) is 0.140. The summed E-state index contributed by atoms with van der Waals surface area (Å²) >= 11 is 0. The summed E-state index contributed by atoms with van der Waals surface area (Å²) in [5.74, 6) is 0.950. The van der Waals surface area contributed by atoms with Gasteiger partial charge >= 0.3 is 6.09 Å². The molecule has 2 rings (SSSR count). The van der Waals surface area contributed by atoms with E-state index in [2.05, 4.69) is 27.0 Å². The molecule has 1 saturated heterocycles. The number of rotatable bonds is 3. The molecule has 6 nitrogen and oxygen atoms in total. The molecule has 1 N–H and O–H groups in total. The molecular formula is C16H26N4O2. The SMILES string of the molecule is CCN1CCN(c2ccc(NC(=O)OC(C)(C)C)cn2)CC1. The van der Waals surface area contributed by atoms with Crippen LogP contribution in [0.3, 0.4) is 0 Å². The zero-order chi connectivity index (χ0) is 16.2. The highest BCUT2D eigenvalue weighted by molar-refractivity contribution is 5.84. The molecule has 0 saturated carbocycles. The first-order valence-corrected chi connectivity index (χ1v) is 7.81. The van der Waals surface area contributed by atoms with Crippen molar-refractivity contribution in [2.24, 2.45) is 0 Å². The standard InChI is InChI=1S/C16H26N4O2/c1-5-19-8-10-20(11-9-19)14-7-6-13(12-17-14)18-15(21)22-16(2,3)4/h6-7,12H,5,8-11H2,1-4H3,(H,18,21). The van der Waals surface area contributed by atoms with Crippen LogP contribution in [0.25, 0.3) is 0 Å². The normalized spacial score (nSPS) is 16.5. The summed E-state index contributed by atoms with van der Waals surface area (Å²) < 4.78 is 5.22. The first kappa shape index (κ1) is 16.5. The number of likely N-dealkylation sites (N-methyl/N-ethyl adjacent to an activating group) is 1. The number of anilines is 2. The molecule has 1 aromatic rings. The Hall–Kier alpha value is -1.82. The zero-order valence-corrected chi connectivity index (χ0v) is 13.9. The molecule has 122 valence electrons. The number of amides is 1. The van der Waals surface area contributed by atoms with E-state index in [1.54, 1.807) is 6.20 Å². The van der Waals surface area contributed by atoms with Crippen LogP contribution >= 0.6 is 0 Å². The Balaban J connectivity index is 1.89. The van der Waals surface area contributed by atoms with E-state index < -0.39 is 11.7 Å². The monoisotopic (exact) mass is 306 g/mol. The number of hydrogen-bond acceptors (Lipinski definition) is 5. The third-order valence-corrected chi connectivity index (χ3v) is 3.54. The van der Waals surface area contributed by atoms with Gasteiger partial charge in [0.1, 0.15) is 11.4 Å². The molecule has 1 aliphatic rings. The average Bonchev–Trinajstić information content (AvgIpc) is 2.46. The van der Waals surface area contributed by atoms with Crippen LogP contribution in [0.15, 0.2) is 18.3 Å². The lowest BCUT2D eigenvalue weighted by molar-refractivity contribution is 0.0636. The van der Waals surface area contributed by atoms with Crippen molar-refractivity contribution < 1.29 is 9.53 Å². The van der Waals surface area contributed by atoms with Crippen molar-refractivity contribution in [3.8, 4) is 0 Å². The van der Waals surface area contributed by atoms with E-state index >= 15 is 0 Å². The molecule has 2 heterocycles. The van der Waals surface area contributed by atoms with E-state index in [0.29, 0.717) is 5.69 Å². The Morgan fingerprint density at radius 1 is 1.27 bits per heavy atom.